The molecule has 1 heterocycles. The van der Waals surface area contributed by atoms with E-state index in [1.54, 1.807) is 0 Å². The summed E-state index contributed by atoms with van der Waals surface area (Å²) in [6, 6.07) is 12.2. The van der Waals surface area contributed by atoms with Crippen LogP contribution in [-0.4, -0.2) is 36.6 Å². The molecule has 0 amide bonds. The minimum Gasteiger partial charge on any atom is -0.314 e. The fourth-order valence-electron chi connectivity index (χ4n) is 2.87. The van der Waals surface area contributed by atoms with Crippen molar-refractivity contribution < 1.29 is 0 Å². The molecule has 19 heavy (non-hydrogen) atoms. The molecular weight excluding hydrogens is 232 g/mol. The summed E-state index contributed by atoms with van der Waals surface area (Å²) in [5, 5.41) is 3.72. The maximum Gasteiger partial charge on any atom is 0.00915 e. The Labute approximate surface area is 118 Å². The summed E-state index contributed by atoms with van der Waals surface area (Å²) in [7, 11) is 0. The van der Waals surface area contributed by atoms with Crippen LogP contribution < -0.4 is 5.32 Å². The normalized spacial score (nSPS) is 19.5. The summed E-state index contributed by atoms with van der Waals surface area (Å²) in [5.41, 5.74) is 1.44. The van der Waals surface area contributed by atoms with Crippen LogP contribution in [0.1, 0.15) is 38.7 Å². The highest BCUT2D eigenvalue weighted by Crippen LogP contribution is 2.14. The fraction of sp³-hybridized carbons (Fsp3) is 0.647. The first kappa shape index (κ1) is 14.5. The van der Waals surface area contributed by atoms with Crippen LogP contribution in [0, 0.1) is 0 Å². The van der Waals surface area contributed by atoms with Gasteiger partial charge in [0.15, 0.2) is 0 Å². The zero-order valence-corrected chi connectivity index (χ0v) is 12.4. The molecule has 0 radical (unpaired) electrons. The molecule has 0 aliphatic carbocycles. The van der Waals surface area contributed by atoms with Gasteiger partial charge in [-0.05, 0) is 57.8 Å². The van der Waals surface area contributed by atoms with E-state index < -0.39 is 0 Å². The molecule has 1 N–H and O–H groups in total. The molecule has 2 nitrogen and oxygen atoms in total. The average Bonchev–Trinajstić information content (AvgIpc) is 2.48. The molecule has 2 heteroatoms. The Morgan fingerprint density at radius 3 is 2.53 bits per heavy atom. The highest BCUT2D eigenvalue weighted by atomic mass is 15.2. The molecule has 0 spiro atoms. The molecule has 1 aliphatic heterocycles. The first-order chi connectivity index (χ1) is 9.29. The quantitative estimate of drug-likeness (QED) is 0.845. The molecule has 2 rings (SSSR count). The van der Waals surface area contributed by atoms with Crippen LogP contribution in [0.15, 0.2) is 30.3 Å². The SMILES string of the molecule is CCC(C)N1CCC(NCCc2ccccc2)CC1. The van der Waals surface area contributed by atoms with Gasteiger partial charge in [-0.3, -0.25) is 0 Å². The van der Waals surface area contributed by atoms with Gasteiger partial charge in [-0.1, -0.05) is 37.3 Å². The smallest absolute Gasteiger partial charge is 0.00915 e. The predicted octanol–water partition coefficient (Wildman–Crippen LogP) is 3.08. The third-order valence-electron chi connectivity index (χ3n) is 4.43. The Kier molecular flexibility index (Phi) is 5.87. The average molecular weight is 260 g/mol. The van der Waals surface area contributed by atoms with Crippen molar-refractivity contribution in [2.75, 3.05) is 19.6 Å². The monoisotopic (exact) mass is 260 g/mol. The number of likely N-dealkylation sites (tertiary alicyclic amines) is 1. The van der Waals surface area contributed by atoms with Crippen molar-refractivity contribution >= 4 is 0 Å². The molecule has 1 atom stereocenters. The van der Waals surface area contributed by atoms with Gasteiger partial charge in [-0.15, -0.1) is 0 Å². The summed E-state index contributed by atoms with van der Waals surface area (Å²) in [6.45, 7) is 8.27. The second-order valence-corrected chi connectivity index (χ2v) is 5.76. The van der Waals surface area contributed by atoms with Crippen LogP contribution in [0.4, 0.5) is 0 Å². The number of nitrogens with zero attached hydrogens (tertiary/aromatic N) is 1. The van der Waals surface area contributed by atoms with Crippen molar-refractivity contribution in [1.82, 2.24) is 10.2 Å². The van der Waals surface area contributed by atoms with Gasteiger partial charge >= 0.3 is 0 Å². The molecule has 106 valence electrons. The summed E-state index contributed by atoms with van der Waals surface area (Å²) in [6.07, 6.45) is 5.02. The van der Waals surface area contributed by atoms with E-state index in [0.717, 1.165) is 25.0 Å². The van der Waals surface area contributed by atoms with E-state index in [2.05, 4.69) is 54.4 Å². The third kappa shape index (κ3) is 4.63. The maximum absolute atomic E-state index is 3.72. The van der Waals surface area contributed by atoms with Gasteiger partial charge in [-0.2, -0.15) is 0 Å². The highest BCUT2D eigenvalue weighted by molar-refractivity contribution is 5.14. The molecule has 1 aromatic carbocycles. The Morgan fingerprint density at radius 2 is 1.89 bits per heavy atom. The lowest BCUT2D eigenvalue weighted by molar-refractivity contribution is 0.149. The second-order valence-electron chi connectivity index (χ2n) is 5.76. The zero-order valence-electron chi connectivity index (χ0n) is 12.4. The first-order valence-electron chi connectivity index (χ1n) is 7.81. The van der Waals surface area contributed by atoms with Crippen LogP contribution in [0.3, 0.4) is 0 Å². The van der Waals surface area contributed by atoms with E-state index in [1.807, 2.05) is 0 Å². The number of hydrogen-bond acceptors (Lipinski definition) is 2. The standard InChI is InChI=1S/C17H28N2/c1-3-15(2)19-13-10-17(11-14-19)18-12-9-16-7-5-4-6-8-16/h4-8,15,17-18H,3,9-14H2,1-2H3. The number of nitrogens with one attached hydrogen (secondary N) is 1. The summed E-state index contributed by atoms with van der Waals surface area (Å²) >= 11 is 0. The number of hydrogen-bond donors (Lipinski definition) is 1. The first-order valence-corrected chi connectivity index (χ1v) is 7.81. The third-order valence-corrected chi connectivity index (χ3v) is 4.43. The second kappa shape index (κ2) is 7.66. The van der Waals surface area contributed by atoms with Gasteiger partial charge < -0.3 is 10.2 Å². The Bertz CT molecular complexity index is 342. The lowest BCUT2D eigenvalue weighted by atomic mass is 10.0. The summed E-state index contributed by atoms with van der Waals surface area (Å²) in [5.74, 6) is 0. The molecule has 0 aromatic heterocycles. The molecule has 1 saturated heterocycles. The van der Waals surface area contributed by atoms with E-state index in [9.17, 15) is 0 Å². The van der Waals surface area contributed by atoms with Gasteiger partial charge in [0, 0.05) is 12.1 Å². The molecular formula is C17H28N2. The minimum absolute atomic E-state index is 0.726. The number of rotatable bonds is 6. The molecule has 1 unspecified atom stereocenters. The van der Waals surface area contributed by atoms with Crippen LogP contribution in [-0.2, 0) is 6.42 Å². The van der Waals surface area contributed by atoms with Crippen LogP contribution in [0.25, 0.3) is 0 Å². The van der Waals surface area contributed by atoms with Gasteiger partial charge in [0.2, 0.25) is 0 Å². The van der Waals surface area contributed by atoms with E-state index in [-0.39, 0.29) is 0 Å². The number of benzene rings is 1. The van der Waals surface area contributed by atoms with Crippen LogP contribution >= 0.6 is 0 Å². The van der Waals surface area contributed by atoms with E-state index >= 15 is 0 Å². The van der Waals surface area contributed by atoms with Crippen molar-refractivity contribution in [3.63, 3.8) is 0 Å². The van der Waals surface area contributed by atoms with Gasteiger partial charge in [0.25, 0.3) is 0 Å². The van der Waals surface area contributed by atoms with E-state index in [4.69, 9.17) is 0 Å². The van der Waals surface area contributed by atoms with Crippen molar-refractivity contribution in [2.24, 2.45) is 0 Å². The van der Waals surface area contributed by atoms with Crippen LogP contribution in [0.5, 0.6) is 0 Å². The minimum atomic E-state index is 0.726. The zero-order chi connectivity index (χ0) is 13.5. The molecule has 0 bridgehead atoms. The Hall–Kier alpha value is -0.860. The summed E-state index contributed by atoms with van der Waals surface area (Å²) in [4.78, 5) is 2.63. The molecule has 1 aromatic rings. The predicted molar refractivity (Wildman–Crippen MR) is 82.5 cm³/mol. The van der Waals surface area contributed by atoms with E-state index in [0.29, 0.717) is 0 Å². The van der Waals surface area contributed by atoms with Crippen molar-refractivity contribution in [1.29, 1.82) is 0 Å². The lowest BCUT2D eigenvalue weighted by Crippen LogP contribution is -2.46. The topological polar surface area (TPSA) is 15.3 Å². The fourth-order valence-corrected chi connectivity index (χ4v) is 2.87. The van der Waals surface area contributed by atoms with Crippen LogP contribution in [0.2, 0.25) is 0 Å². The molecule has 1 aliphatic rings. The van der Waals surface area contributed by atoms with Gasteiger partial charge in [-0.25, -0.2) is 0 Å². The molecule has 1 fully saturated rings. The highest BCUT2D eigenvalue weighted by Gasteiger charge is 2.21. The van der Waals surface area contributed by atoms with Crippen molar-refractivity contribution in [3.8, 4) is 0 Å². The number of piperidine rings is 1. The van der Waals surface area contributed by atoms with E-state index in [1.165, 1.54) is 37.9 Å². The van der Waals surface area contributed by atoms with Crippen molar-refractivity contribution in [2.45, 2.75) is 51.6 Å². The summed E-state index contributed by atoms with van der Waals surface area (Å²) < 4.78 is 0. The molecule has 0 saturated carbocycles. The Morgan fingerprint density at radius 1 is 1.21 bits per heavy atom. The lowest BCUT2D eigenvalue weighted by Gasteiger charge is -2.36. The van der Waals surface area contributed by atoms with Gasteiger partial charge in [0.05, 0.1) is 0 Å². The van der Waals surface area contributed by atoms with Crippen molar-refractivity contribution in [3.05, 3.63) is 35.9 Å². The largest absolute Gasteiger partial charge is 0.314 e. The van der Waals surface area contributed by atoms with Gasteiger partial charge in [0.1, 0.15) is 0 Å². The Balaban J connectivity index is 1.63. The maximum atomic E-state index is 3.72.